The van der Waals surface area contributed by atoms with Crippen LogP contribution in [0.15, 0.2) is 134 Å². The lowest BCUT2D eigenvalue weighted by Gasteiger charge is -2.42. The number of nitrogens with one attached hydrogen (secondary N) is 5. The molecule has 34 nitrogen and oxygen atoms in total. The van der Waals surface area contributed by atoms with Gasteiger partial charge in [0, 0.05) is 99.1 Å². The molecule has 1 saturated heterocycles. The van der Waals surface area contributed by atoms with Crippen LogP contribution < -0.4 is 51.3 Å². The van der Waals surface area contributed by atoms with Gasteiger partial charge in [-0.3, -0.25) is 47.9 Å². The number of urea groups is 1. The number of amides is 9. The minimum absolute atomic E-state index is 0.0204. The summed E-state index contributed by atoms with van der Waals surface area (Å²) in [6.45, 7) is 8.51. The number of rotatable bonds is 43. The van der Waals surface area contributed by atoms with Crippen LogP contribution in [0.25, 0.3) is 43.2 Å². The van der Waals surface area contributed by atoms with Crippen molar-refractivity contribution in [3.8, 4) is 56.1 Å². The molecule has 2 aliphatic heterocycles. The first kappa shape index (κ1) is 91.2. The number of quaternary nitrogens is 1. The molecule has 0 radical (unpaired) electrons. The Morgan fingerprint density at radius 3 is 2.17 bits per heavy atom. The van der Waals surface area contributed by atoms with Gasteiger partial charge in [0.25, 0.3) is 21.9 Å². The van der Waals surface area contributed by atoms with E-state index in [0.29, 0.717) is 127 Å². The number of nitrogens with zero attached hydrogens (tertiary/aromatic N) is 8. The summed E-state index contributed by atoms with van der Waals surface area (Å²) < 4.78 is 77.3. The summed E-state index contributed by atoms with van der Waals surface area (Å²) >= 11 is 8.57. The van der Waals surface area contributed by atoms with Gasteiger partial charge in [-0.05, 0) is 115 Å². The maximum absolute atomic E-state index is 14.6. The molecular formula is C83H95ClFN14O20S2+. The van der Waals surface area contributed by atoms with Gasteiger partial charge < -0.3 is 75.6 Å². The Balaban J connectivity index is 0.821. The van der Waals surface area contributed by atoms with Crippen LogP contribution in [0.5, 0.6) is 23.1 Å². The number of carboxylic acid groups (broad SMARTS) is 2. The summed E-state index contributed by atoms with van der Waals surface area (Å²) in [6.07, 6.45) is 2.57. The zero-order valence-electron chi connectivity index (χ0n) is 67.2. The third-order valence-electron chi connectivity index (χ3n) is 20.3. The van der Waals surface area contributed by atoms with Crippen LogP contribution in [0.1, 0.15) is 73.9 Å². The van der Waals surface area contributed by atoms with Gasteiger partial charge in [0.05, 0.1) is 68.7 Å². The number of hydrogen-bond acceptors (Lipinski definition) is 23. The minimum atomic E-state index is -4.81. The van der Waals surface area contributed by atoms with E-state index in [2.05, 4.69) is 48.2 Å². The first-order chi connectivity index (χ1) is 57.7. The molecule has 0 saturated carbocycles. The Hall–Kier alpha value is -12.1. The first-order valence-electron chi connectivity index (χ1n) is 38.7. The third kappa shape index (κ3) is 25.5. The van der Waals surface area contributed by atoms with Crippen molar-refractivity contribution < 1.29 is 104 Å². The zero-order chi connectivity index (χ0) is 87.2. The molecule has 0 unspecified atom stereocenters. The Bertz CT molecular complexity index is 5270. The maximum atomic E-state index is 14.6. The second kappa shape index (κ2) is 42.2. The molecule has 121 heavy (non-hydrogen) atoms. The van der Waals surface area contributed by atoms with Crippen molar-refractivity contribution in [3.63, 3.8) is 0 Å². The number of thiophene rings is 1. The van der Waals surface area contributed by atoms with Crippen molar-refractivity contribution in [2.75, 3.05) is 97.9 Å². The van der Waals surface area contributed by atoms with Gasteiger partial charge in [-0.15, -0.1) is 11.3 Å². The SMILES string of the molecule is COc1ccccc1-c1nccc(COc2ccccc2C[C@@H](Oc2ncnc3sc(-c4ccc(F)cc4)c(-c4ccc(OCCN5CC[N+](C)(Cc6ccc(NC(=O)[C@H](CCCNC(N)=O)NC(=O)[C@@H](NC(=O)CCOCCN7C(=O)C=CC7=O)C(C)C)cc6CN(C)C(=O)CC[C@@H](NC(=O)CS(=O)(=O)O)C(=O)O)CC5)c(Cl)c4C)c23)C(=O)O)n1. The number of benzene rings is 5. The number of hydrogen-bond donors (Lipinski definition) is 9. The van der Waals surface area contributed by atoms with E-state index < -0.39 is 124 Å². The molecule has 0 bridgehead atoms. The van der Waals surface area contributed by atoms with Crippen LogP contribution in [0.2, 0.25) is 5.02 Å². The lowest BCUT2D eigenvalue weighted by molar-refractivity contribution is -0.926. The van der Waals surface area contributed by atoms with Crippen molar-refractivity contribution in [2.24, 2.45) is 11.7 Å². The van der Waals surface area contributed by atoms with E-state index in [9.17, 15) is 75.5 Å². The van der Waals surface area contributed by atoms with Crippen molar-refractivity contribution in [1.29, 1.82) is 0 Å². The van der Waals surface area contributed by atoms with Crippen LogP contribution in [0.3, 0.4) is 0 Å². The molecular weight excluding hydrogens is 1630 g/mol. The van der Waals surface area contributed by atoms with Crippen molar-refractivity contribution in [2.45, 2.75) is 103 Å². The van der Waals surface area contributed by atoms with Crippen LogP contribution in [-0.2, 0) is 84.1 Å². The topological polar surface area (TPSA) is 459 Å². The number of anilines is 1. The number of imide groups is 1. The molecule has 0 spiro atoms. The van der Waals surface area contributed by atoms with Gasteiger partial charge in [-0.25, -0.2) is 38.7 Å². The molecule has 5 aromatic carbocycles. The molecule has 38 heteroatoms. The number of likely N-dealkylation sites (N-methyl/N-ethyl adjacent to an activating group) is 1. The number of carbonyl (C=O) groups excluding carboxylic acids is 8. The normalized spacial score (nSPS) is 14.3. The van der Waals surface area contributed by atoms with E-state index in [1.807, 2.05) is 42.6 Å². The lowest BCUT2D eigenvalue weighted by Crippen LogP contribution is -2.57. The second-order valence-electron chi connectivity index (χ2n) is 29.5. The number of aliphatic carboxylic acids is 2. The summed E-state index contributed by atoms with van der Waals surface area (Å²) in [6, 6.07) is 25.8. The number of ether oxygens (including phenoxy) is 5. The fraction of sp³-hybridized carbons (Fsp3) is 0.373. The van der Waals surface area contributed by atoms with Crippen LogP contribution in [0, 0.1) is 18.7 Å². The molecule has 1 fully saturated rings. The average Bonchev–Trinajstić information content (AvgIpc) is 1.60. The molecule has 3 aromatic heterocycles. The van der Waals surface area contributed by atoms with E-state index in [-0.39, 0.29) is 88.3 Å². The highest BCUT2D eigenvalue weighted by Gasteiger charge is 2.35. The number of primary amides is 1. The predicted molar refractivity (Wildman–Crippen MR) is 444 cm³/mol. The molecule has 2 aliphatic rings. The van der Waals surface area contributed by atoms with Crippen molar-refractivity contribution in [1.82, 2.24) is 55.9 Å². The van der Waals surface area contributed by atoms with E-state index >= 15 is 0 Å². The Kier molecular flexibility index (Phi) is 31.8. The minimum Gasteiger partial charge on any atom is -0.496 e. The quantitative estimate of drug-likeness (QED) is 0.00794. The van der Waals surface area contributed by atoms with Gasteiger partial charge in [0.2, 0.25) is 41.5 Å². The summed E-state index contributed by atoms with van der Waals surface area (Å²) in [4.78, 5) is 153. The fourth-order valence-corrected chi connectivity index (χ4v) is 15.5. The molecule has 642 valence electrons. The molecule has 4 atom stereocenters. The summed E-state index contributed by atoms with van der Waals surface area (Å²) in [5, 5.41) is 34.2. The van der Waals surface area contributed by atoms with Gasteiger partial charge >= 0.3 is 18.0 Å². The predicted octanol–water partition coefficient (Wildman–Crippen LogP) is 7.13. The largest absolute Gasteiger partial charge is 0.496 e. The highest BCUT2D eigenvalue weighted by Crippen LogP contribution is 2.50. The third-order valence-corrected chi connectivity index (χ3v) is 22.5. The van der Waals surface area contributed by atoms with Crippen molar-refractivity contribution >= 4 is 108 Å². The number of nitrogens with two attached hydrogens (primary N) is 1. The van der Waals surface area contributed by atoms with E-state index in [4.69, 9.17) is 46.0 Å². The fourth-order valence-electron chi connectivity index (χ4n) is 13.7. The van der Waals surface area contributed by atoms with E-state index in [1.165, 1.54) is 41.7 Å². The Morgan fingerprint density at radius 2 is 1.48 bits per heavy atom. The molecule has 8 aromatic rings. The van der Waals surface area contributed by atoms with Gasteiger partial charge in [-0.1, -0.05) is 80.0 Å². The Morgan fingerprint density at radius 1 is 0.760 bits per heavy atom. The Labute approximate surface area is 705 Å². The van der Waals surface area contributed by atoms with Crippen molar-refractivity contribution in [3.05, 3.63) is 173 Å². The molecule has 9 amide bonds. The standard InChI is InChI=1S/C83H94ClFN14O20S2/c1-49(2)74(95-66(100)30-39-116-40-36-98-69(103)27-28-70(98)104)78(106)94-60(14-11-31-88-83(86)111)77(105)92-56-22-19-53(54(42-56)44-96(4)68(102)26-24-61(81(107)108)93-67(101)47-121(112,113)114)45-99(5)37-33-97(34-38-99)35-41-117-64-25-23-58(50(3)73(64)84)71-72-79(89-48-90-80(72)120-75(71)51-17-20-55(85)21-18-51)119-65(82(109)110)43-52-12-7-9-15-62(52)118-46-57-29-32-87-76(91-57)59-13-8-10-16-63(59)115-6/h7-10,12-13,15-23,25,27-29,32,42,48-49,60-61,65,74H,11,14,24,26,30-31,33-41,43-47H2,1-6H3,(H9-,86,88,92,93,94,95,100,101,105,106,107,108,109,110,111,112,113,114)/p+1/t60-,61+,65+,74-/m0/s1. The number of aromatic nitrogens is 4. The lowest BCUT2D eigenvalue weighted by atomic mass is 9.96. The van der Waals surface area contributed by atoms with Gasteiger partial charge in [-0.2, -0.15) is 8.42 Å². The number of piperazine rings is 1. The number of para-hydroxylation sites is 2. The summed E-state index contributed by atoms with van der Waals surface area (Å²) in [5.41, 5.74) is 11.0. The molecule has 10 rings (SSSR count). The van der Waals surface area contributed by atoms with Gasteiger partial charge in [0.15, 0.2) is 11.6 Å². The number of carboxylic acids is 2. The summed E-state index contributed by atoms with van der Waals surface area (Å²) in [5.74, 6) is -8.25. The maximum Gasteiger partial charge on any atom is 0.345 e. The van der Waals surface area contributed by atoms with Crippen LogP contribution in [-0.4, -0.2) is 238 Å². The number of carbonyl (C=O) groups is 10. The van der Waals surface area contributed by atoms with E-state index in [1.54, 1.807) is 93.9 Å². The van der Waals surface area contributed by atoms with Crippen LogP contribution >= 0.6 is 22.9 Å². The zero-order valence-corrected chi connectivity index (χ0v) is 69.6. The molecule has 0 aliphatic carbocycles. The number of methoxy groups -OCH3 is 1. The smallest absolute Gasteiger partial charge is 0.345 e. The number of fused-ring (bicyclic) bond motifs is 1. The first-order valence-corrected chi connectivity index (χ1v) is 41.5. The molecule has 10 N–H and O–H groups in total. The molecule has 5 heterocycles. The van der Waals surface area contributed by atoms with Gasteiger partial charge in [0.1, 0.15) is 72.1 Å². The highest BCUT2D eigenvalue weighted by molar-refractivity contribution is 7.86. The van der Waals surface area contributed by atoms with Crippen LogP contribution in [0.4, 0.5) is 14.9 Å². The second-order valence-corrected chi connectivity index (χ2v) is 32.3. The average molecular weight is 1730 g/mol. The monoisotopic (exact) mass is 1730 g/mol. The highest BCUT2D eigenvalue weighted by atomic mass is 35.5. The van der Waals surface area contributed by atoms with E-state index in [0.717, 1.165) is 22.6 Å². The number of halogens is 2. The summed E-state index contributed by atoms with van der Waals surface area (Å²) in [7, 11) is 0.289.